The molecule has 0 nitrogen and oxygen atoms in total. The zero-order valence-corrected chi connectivity index (χ0v) is 13.9. The fourth-order valence-corrected chi connectivity index (χ4v) is 2.08. The summed E-state index contributed by atoms with van der Waals surface area (Å²) in [5, 5.41) is 0. The minimum atomic E-state index is -1.30. The first-order valence-electron chi connectivity index (χ1n) is 7.05. The highest BCUT2D eigenvalue weighted by molar-refractivity contribution is 6.83. The number of benzene rings is 1. The predicted octanol–water partition coefficient (Wildman–Crippen LogP) is 4.77. The normalized spacial score (nSPS) is 10.2. The van der Waals surface area contributed by atoms with E-state index in [4.69, 9.17) is 0 Å². The van der Waals surface area contributed by atoms with E-state index in [1.54, 1.807) is 0 Å². The molecule has 1 aromatic rings. The molecule has 0 atom stereocenters. The van der Waals surface area contributed by atoms with Crippen LogP contribution < -0.4 is 0 Å². The molecule has 0 N–H and O–H groups in total. The monoisotopic (exact) mass is 268 g/mol. The lowest BCUT2D eigenvalue weighted by Crippen LogP contribution is -2.16. The van der Waals surface area contributed by atoms with Gasteiger partial charge in [-0.15, -0.1) is 5.54 Å². The molecule has 1 rings (SSSR count). The summed E-state index contributed by atoms with van der Waals surface area (Å²) in [6.45, 7) is 11.1. The lowest BCUT2D eigenvalue weighted by atomic mass is 10.1. The van der Waals surface area contributed by atoms with Crippen LogP contribution >= 0.6 is 0 Å². The van der Waals surface area contributed by atoms with Gasteiger partial charge in [0.05, 0.1) is 0 Å². The van der Waals surface area contributed by atoms with E-state index >= 15 is 0 Å². The molecule has 0 fully saturated rings. The van der Waals surface area contributed by atoms with E-state index in [0.29, 0.717) is 0 Å². The molecule has 0 heterocycles. The predicted molar refractivity (Wildman–Crippen MR) is 87.8 cm³/mol. The van der Waals surface area contributed by atoms with Crippen LogP contribution in [0, 0.1) is 30.2 Å². The van der Waals surface area contributed by atoms with E-state index < -0.39 is 8.07 Å². The van der Waals surface area contributed by atoms with Crippen LogP contribution in [0.4, 0.5) is 0 Å². The second-order valence-electron chi connectivity index (χ2n) is 5.94. The zero-order valence-electron chi connectivity index (χ0n) is 12.9. The summed E-state index contributed by atoms with van der Waals surface area (Å²) in [7, 11) is -1.30. The van der Waals surface area contributed by atoms with E-state index in [1.807, 2.05) is 0 Å². The minimum Gasteiger partial charge on any atom is -0.127 e. The lowest BCUT2D eigenvalue weighted by Gasteiger charge is -2.04. The Kier molecular flexibility index (Phi) is 5.93. The van der Waals surface area contributed by atoms with E-state index in [-0.39, 0.29) is 0 Å². The van der Waals surface area contributed by atoms with Gasteiger partial charge in [0, 0.05) is 17.5 Å². The molecule has 0 saturated heterocycles. The van der Waals surface area contributed by atoms with Crippen LogP contribution in [0.25, 0.3) is 0 Å². The molecule has 100 valence electrons. The van der Waals surface area contributed by atoms with Crippen LogP contribution in [0.1, 0.15) is 42.9 Å². The average Bonchev–Trinajstić information content (AvgIpc) is 2.32. The van der Waals surface area contributed by atoms with Crippen LogP contribution in [0.15, 0.2) is 18.2 Å². The van der Waals surface area contributed by atoms with E-state index in [9.17, 15) is 0 Å². The Hall–Kier alpha value is -1.44. The summed E-state index contributed by atoms with van der Waals surface area (Å²) < 4.78 is 0. The number of rotatable bonds is 2. The first-order chi connectivity index (χ1) is 8.92. The Labute approximate surface area is 119 Å². The van der Waals surface area contributed by atoms with Gasteiger partial charge < -0.3 is 0 Å². The van der Waals surface area contributed by atoms with Crippen molar-refractivity contribution in [1.82, 2.24) is 0 Å². The second kappa shape index (κ2) is 7.22. The van der Waals surface area contributed by atoms with Gasteiger partial charge in [-0.05, 0) is 37.1 Å². The van der Waals surface area contributed by atoms with Gasteiger partial charge in [-0.3, -0.25) is 0 Å². The average molecular weight is 268 g/mol. The molecule has 19 heavy (non-hydrogen) atoms. The molecule has 0 aromatic heterocycles. The molecule has 0 aliphatic carbocycles. The molecular weight excluding hydrogens is 244 g/mol. The van der Waals surface area contributed by atoms with E-state index in [1.165, 1.54) is 18.4 Å². The van der Waals surface area contributed by atoms with Crippen molar-refractivity contribution in [1.29, 1.82) is 0 Å². The second-order valence-corrected chi connectivity index (χ2v) is 10.7. The summed E-state index contributed by atoms with van der Waals surface area (Å²) in [4.78, 5) is 0. The lowest BCUT2D eigenvalue weighted by molar-refractivity contribution is 0.828. The maximum absolute atomic E-state index is 3.41. The van der Waals surface area contributed by atoms with Crippen LogP contribution in [0.3, 0.4) is 0 Å². The van der Waals surface area contributed by atoms with Gasteiger partial charge in [-0.1, -0.05) is 50.7 Å². The Morgan fingerprint density at radius 1 is 1.11 bits per heavy atom. The fourth-order valence-electron chi connectivity index (χ4n) is 1.57. The van der Waals surface area contributed by atoms with Crippen molar-refractivity contribution < 1.29 is 0 Å². The van der Waals surface area contributed by atoms with Gasteiger partial charge in [0.2, 0.25) is 0 Å². The third-order valence-corrected chi connectivity index (χ3v) is 3.56. The van der Waals surface area contributed by atoms with E-state index in [0.717, 1.165) is 17.5 Å². The number of hydrogen-bond donors (Lipinski definition) is 0. The number of aryl methyl sites for hydroxylation is 1. The van der Waals surface area contributed by atoms with Gasteiger partial charge >= 0.3 is 0 Å². The Morgan fingerprint density at radius 3 is 2.42 bits per heavy atom. The Bertz CT molecular complexity index is 539. The molecule has 0 bridgehead atoms. The maximum Gasteiger partial charge on any atom is 0.129 e. The molecule has 0 aliphatic heterocycles. The van der Waals surface area contributed by atoms with Crippen molar-refractivity contribution in [2.45, 2.75) is 52.8 Å². The molecule has 0 amide bonds. The van der Waals surface area contributed by atoms with Crippen molar-refractivity contribution in [3.05, 3.63) is 34.9 Å². The third-order valence-electron chi connectivity index (χ3n) is 2.69. The van der Waals surface area contributed by atoms with Gasteiger partial charge in [-0.2, -0.15) is 0 Å². The highest BCUT2D eigenvalue weighted by Gasteiger charge is 2.07. The molecule has 0 radical (unpaired) electrons. The molecule has 0 unspecified atom stereocenters. The zero-order chi connectivity index (χ0) is 14.3. The van der Waals surface area contributed by atoms with Crippen LogP contribution in [-0.2, 0) is 0 Å². The summed E-state index contributed by atoms with van der Waals surface area (Å²) >= 11 is 0. The van der Waals surface area contributed by atoms with Crippen LogP contribution in [-0.4, -0.2) is 8.07 Å². The van der Waals surface area contributed by atoms with E-state index in [2.05, 4.69) is 75.0 Å². The summed E-state index contributed by atoms with van der Waals surface area (Å²) in [6.07, 6.45) is 3.39. The third kappa shape index (κ3) is 6.32. The standard InChI is InChI=1S/C18H24Si/c1-6-7-8-9-10-17-11-12-18(16(2)15-17)13-14-19(3,4)5/h11-12,15H,6-8H2,1-5H3. The highest BCUT2D eigenvalue weighted by atomic mass is 28.3. The first kappa shape index (κ1) is 15.6. The molecule has 0 saturated carbocycles. The molecule has 0 spiro atoms. The quantitative estimate of drug-likeness (QED) is 0.412. The number of unbranched alkanes of at least 4 members (excludes halogenated alkanes) is 2. The fraction of sp³-hybridized carbons (Fsp3) is 0.444. The van der Waals surface area contributed by atoms with Gasteiger partial charge in [0.25, 0.3) is 0 Å². The smallest absolute Gasteiger partial charge is 0.127 e. The molecule has 0 aliphatic rings. The molecule has 1 heteroatoms. The summed E-state index contributed by atoms with van der Waals surface area (Å²) in [5.41, 5.74) is 6.89. The Morgan fingerprint density at radius 2 is 1.84 bits per heavy atom. The van der Waals surface area contributed by atoms with Crippen molar-refractivity contribution in [2.75, 3.05) is 0 Å². The van der Waals surface area contributed by atoms with Gasteiger partial charge in [-0.25, -0.2) is 0 Å². The molecule has 1 aromatic carbocycles. The van der Waals surface area contributed by atoms with Crippen molar-refractivity contribution >= 4 is 8.07 Å². The largest absolute Gasteiger partial charge is 0.129 e. The summed E-state index contributed by atoms with van der Waals surface area (Å²) in [5.74, 6) is 9.78. The highest BCUT2D eigenvalue weighted by Crippen LogP contribution is 2.10. The number of hydrogen-bond acceptors (Lipinski definition) is 0. The first-order valence-corrected chi connectivity index (χ1v) is 10.5. The van der Waals surface area contributed by atoms with Gasteiger partial charge in [0.1, 0.15) is 8.07 Å². The van der Waals surface area contributed by atoms with Crippen molar-refractivity contribution in [3.8, 4) is 23.3 Å². The summed E-state index contributed by atoms with van der Waals surface area (Å²) in [6, 6.07) is 6.33. The topological polar surface area (TPSA) is 0 Å². The maximum atomic E-state index is 3.41. The minimum absolute atomic E-state index is 0.993. The SMILES string of the molecule is CCCCC#Cc1ccc(C#C[Si](C)(C)C)c(C)c1. The van der Waals surface area contributed by atoms with Gasteiger partial charge in [0.15, 0.2) is 0 Å². The van der Waals surface area contributed by atoms with Crippen molar-refractivity contribution in [2.24, 2.45) is 0 Å². The van der Waals surface area contributed by atoms with Crippen LogP contribution in [0.5, 0.6) is 0 Å². The van der Waals surface area contributed by atoms with Crippen LogP contribution in [0.2, 0.25) is 19.6 Å². The van der Waals surface area contributed by atoms with Crippen molar-refractivity contribution in [3.63, 3.8) is 0 Å². The Balaban J connectivity index is 2.84. The molecular formula is C18H24Si.